The molecule has 0 radical (unpaired) electrons. The van der Waals surface area contributed by atoms with Crippen molar-refractivity contribution in [3.8, 4) is 11.5 Å². The van der Waals surface area contributed by atoms with Crippen LogP contribution in [0, 0.1) is 0 Å². The molecule has 6 nitrogen and oxygen atoms in total. The first-order chi connectivity index (χ1) is 12.2. The van der Waals surface area contributed by atoms with Crippen LogP contribution in [0.5, 0.6) is 11.5 Å². The summed E-state index contributed by atoms with van der Waals surface area (Å²) >= 11 is 0. The van der Waals surface area contributed by atoms with Gasteiger partial charge in [0.2, 0.25) is 5.91 Å². The molecule has 1 atom stereocenters. The number of ether oxygens (including phenoxy) is 3. The van der Waals surface area contributed by atoms with Gasteiger partial charge in [-0.05, 0) is 37.8 Å². The molecule has 1 amide bonds. The Morgan fingerprint density at radius 2 is 2.20 bits per heavy atom. The Balaban J connectivity index is 1.57. The monoisotopic (exact) mass is 348 g/mol. The molecule has 2 aliphatic rings. The Bertz CT molecular complexity index is 567. The average molecular weight is 348 g/mol. The van der Waals surface area contributed by atoms with Crippen LogP contribution < -0.4 is 20.1 Å². The van der Waals surface area contributed by atoms with Crippen LogP contribution in [0.2, 0.25) is 0 Å². The highest BCUT2D eigenvalue weighted by atomic mass is 16.5. The number of carbonyl (C=O) groups excluding carboxylic acids is 1. The minimum absolute atomic E-state index is 0.0191. The number of hydrogen-bond acceptors (Lipinski definition) is 5. The molecule has 1 aliphatic heterocycles. The Hall–Kier alpha value is -1.79. The SMILES string of the molecule is COc1ccc(CNC(=O)CC2COCCN2)c(OC2CCCC2)c1. The van der Waals surface area contributed by atoms with Crippen molar-refractivity contribution in [3.05, 3.63) is 23.8 Å². The molecule has 1 saturated carbocycles. The van der Waals surface area contributed by atoms with Crippen molar-refractivity contribution in [1.29, 1.82) is 0 Å². The zero-order valence-electron chi connectivity index (χ0n) is 14.9. The van der Waals surface area contributed by atoms with Gasteiger partial charge in [-0.1, -0.05) is 0 Å². The summed E-state index contributed by atoms with van der Waals surface area (Å²) in [6.45, 7) is 2.56. The number of amides is 1. The van der Waals surface area contributed by atoms with Crippen LogP contribution in [-0.2, 0) is 16.1 Å². The summed E-state index contributed by atoms with van der Waals surface area (Å²) in [5.41, 5.74) is 0.980. The lowest BCUT2D eigenvalue weighted by Gasteiger charge is -2.23. The summed E-state index contributed by atoms with van der Waals surface area (Å²) in [4.78, 5) is 12.2. The van der Waals surface area contributed by atoms with E-state index in [0.717, 1.165) is 36.4 Å². The molecule has 138 valence electrons. The summed E-state index contributed by atoms with van der Waals surface area (Å²) in [5, 5.41) is 6.29. The fourth-order valence-corrected chi connectivity index (χ4v) is 3.34. The van der Waals surface area contributed by atoms with Crippen molar-refractivity contribution >= 4 is 5.91 Å². The normalized spacial score (nSPS) is 21.1. The lowest BCUT2D eigenvalue weighted by atomic mass is 10.1. The largest absolute Gasteiger partial charge is 0.497 e. The molecule has 1 saturated heterocycles. The number of benzene rings is 1. The van der Waals surface area contributed by atoms with Crippen LogP contribution in [0.4, 0.5) is 0 Å². The summed E-state index contributed by atoms with van der Waals surface area (Å²) in [6.07, 6.45) is 5.32. The smallest absolute Gasteiger partial charge is 0.221 e. The van der Waals surface area contributed by atoms with Gasteiger partial charge in [0.15, 0.2) is 0 Å². The Kier molecular flexibility index (Phi) is 6.53. The van der Waals surface area contributed by atoms with Gasteiger partial charge in [-0.3, -0.25) is 4.79 Å². The summed E-state index contributed by atoms with van der Waals surface area (Å²) in [6, 6.07) is 5.88. The molecule has 1 aromatic carbocycles. The molecule has 0 bridgehead atoms. The molecule has 0 spiro atoms. The number of carbonyl (C=O) groups is 1. The number of hydrogen-bond donors (Lipinski definition) is 2. The molecular formula is C19H28N2O4. The van der Waals surface area contributed by atoms with Gasteiger partial charge in [-0.2, -0.15) is 0 Å². The summed E-state index contributed by atoms with van der Waals surface area (Å²) < 4.78 is 16.9. The van der Waals surface area contributed by atoms with Crippen molar-refractivity contribution in [2.45, 2.75) is 50.8 Å². The van der Waals surface area contributed by atoms with E-state index in [2.05, 4.69) is 10.6 Å². The molecule has 1 aliphatic carbocycles. The van der Waals surface area contributed by atoms with E-state index in [4.69, 9.17) is 14.2 Å². The predicted molar refractivity (Wildman–Crippen MR) is 95.0 cm³/mol. The molecule has 1 heterocycles. The molecule has 0 aromatic heterocycles. The van der Waals surface area contributed by atoms with E-state index in [-0.39, 0.29) is 18.1 Å². The van der Waals surface area contributed by atoms with Crippen molar-refractivity contribution in [2.75, 3.05) is 26.9 Å². The maximum Gasteiger partial charge on any atom is 0.221 e. The van der Waals surface area contributed by atoms with Gasteiger partial charge in [0.05, 0.1) is 26.4 Å². The standard InChI is InChI=1S/C19H28N2O4/c1-23-17-7-6-14(18(11-17)25-16-4-2-3-5-16)12-21-19(22)10-15-13-24-9-8-20-15/h6-7,11,15-16,20H,2-5,8-10,12-13H2,1H3,(H,21,22). The van der Waals surface area contributed by atoms with E-state index < -0.39 is 0 Å². The minimum atomic E-state index is 0.0191. The fourth-order valence-electron chi connectivity index (χ4n) is 3.34. The van der Waals surface area contributed by atoms with Crippen LogP contribution in [-0.4, -0.2) is 44.9 Å². The summed E-state index contributed by atoms with van der Waals surface area (Å²) in [5.74, 6) is 1.60. The van der Waals surface area contributed by atoms with Gasteiger partial charge in [-0.15, -0.1) is 0 Å². The predicted octanol–water partition coefficient (Wildman–Crippen LogP) is 2.01. The number of nitrogens with one attached hydrogen (secondary N) is 2. The molecule has 1 aromatic rings. The summed E-state index contributed by atoms with van der Waals surface area (Å²) in [7, 11) is 1.65. The van der Waals surface area contributed by atoms with Gasteiger partial charge in [0, 0.05) is 37.2 Å². The van der Waals surface area contributed by atoms with Gasteiger partial charge < -0.3 is 24.8 Å². The maximum absolute atomic E-state index is 12.2. The van der Waals surface area contributed by atoms with Crippen molar-refractivity contribution in [1.82, 2.24) is 10.6 Å². The van der Waals surface area contributed by atoms with Crippen molar-refractivity contribution in [3.63, 3.8) is 0 Å². The molecule has 2 fully saturated rings. The third-order valence-electron chi connectivity index (χ3n) is 4.78. The van der Waals surface area contributed by atoms with E-state index in [1.807, 2.05) is 18.2 Å². The van der Waals surface area contributed by atoms with Gasteiger partial charge in [0.1, 0.15) is 11.5 Å². The topological polar surface area (TPSA) is 68.8 Å². The van der Waals surface area contributed by atoms with Crippen LogP contribution in [0.15, 0.2) is 18.2 Å². The molecular weight excluding hydrogens is 320 g/mol. The lowest BCUT2D eigenvalue weighted by molar-refractivity contribution is -0.122. The van der Waals surface area contributed by atoms with Gasteiger partial charge >= 0.3 is 0 Å². The zero-order chi connectivity index (χ0) is 17.5. The highest BCUT2D eigenvalue weighted by Gasteiger charge is 2.20. The van der Waals surface area contributed by atoms with E-state index in [1.165, 1.54) is 12.8 Å². The van der Waals surface area contributed by atoms with Crippen molar-refractivity contribution < 1.29 is 19.0 Å². The molecule has 3 rings (SSSR count). The van der Waals surface area contributed by atoms with Crippen molar-refractivity contribution in [2.24, 2.45) is 0 Å². The van der Waals surface area contributed by atoms with Crippen LogP contribution in [0.1, 0.15) is 37.7 Å². The van der Waals surface area contributed by atoms with Crippen LogP contribution in [0.3, 0.4) is 0 Å². The number of morpholine rings is 1. The second-order valence-corrected chi connectivity index (χ2v) is 6.70. The van der Waals surface area contributed by atoms with Gasteiger partial charge in [0.25, 0.3) is 0 Å². The first kappa shape index (κ1) is 18.0. The third kappa shape index (κ3) is 5.34. The second kappa shape index (κ2) is 9.06. The molecule has 6 heteroatoms. The highest BCUT2D eigenvalue weighted by Crippen LogP contribution is 2.30. The number of rotatable bonds is 7. The Morgan fingerprint density at radius 1 is 1.36 bits per heavy atom. The molecule has 1 unspecified atom stereocenters. The minimum Gasteiger partial charge on any atom is -0.497 e. The Labute approximate surface area is 149 Å². The first-order valence-corrected chi connectivity index (χ1v) is 9.16. The van der Waals surface area contributed by atoms with E-state index in [1.54, 1.807) is 7.11 Å². The van der Waals surface area contributed by atoms with Gasteiger partial charge in [-0.25, -0.2) is 0 Å². The maximum atomic E-state index is 12.2. The lowest BCUT2D eigenvalue weighted by Crippen LogP contribution is -2.44. The Morgan fingerprint density at radius 3 is 2.92 bits per heavy atom. The quantitative estimate of drug-likeness (QED) is 0.789. The fraction of sp³-hybridized carbons (Fsp3) is 0.632. The molecule has 2 N–H and O–H groups in total. The molecule has 25 heavy (non-hydrogen) atoms. The second-order valence-electron chi connectivity index (χ2n) is 6.70. The first-order valence-electron chi connectivity index (χ1n) is 9.16. The van der Waals surface area contributed by atoms with Crippen LogP contribution >= 0.6 is 0 Å². The van der Waals surface area contributed by atoms with E-state index in [0.29, 0.717) is 26.2 Å². The number of methoxy groups -OCH3 is 1. The van der Waals surface area contributed by atoms with E-state index >= 15 is 0 Å². The van der Waals surface area contributed by atoms with E-state index in [9.17, 15) is 4.79 Å². The highest BCUT2D eigenvalue weighted by molar-refractivity contribution is 5.76. The van der Waals surface area contributed by atoms with Crippen LogP contribution in [0.25, 0.3) is 0 Å². The third-order valence-corrected chi connectivity index (χ3v) is 4.78. The zero-order valence-corrected chi connectivity index (χ0v) is 14.9. The average Bonchev–Trinajstić information content (AvgIpc) is 3.14.